The number of hydrogen-bond acceptors (Lipinski definition) is 3. The molecule has 1 heterocycles. The number of benzene rings is 1. The maximum absolute atomic E-state index is 12.0. The zero-order valence-electron chi connectivity index (χ0n) is 9.54. The molecule has 5 heteroatoms. The summed E-state index contributed by atoms with van der Waals surface area (Å²) in [7, 11) is 0. The van der Waals surface area contributed by atoms with E-state index >= 15 is 0 Å². The van der Waals surface area contributed by atoms with Crippen LogP contribution in [0.25, 0.3) is 0 Å². The second-order valence-corrected chi connectivity index (χ2v) is 3.79. The second kappa shape index (κ2) is 5.80. The number of aliphatic hydroxyl groups is 1. The van der Waals surface area contributed by atoms with Crippen LogP contribution in [0.3, 0.4) is 0 Å². The molecule has 0 bridgehead atoms. The van der Waals surface area contributed by atoms with Gasteiger partial charge in [0, 0.05) is 12.3 Å². The van der Waals surface area contributed by atoms with Crippen LogP contribution < -0.4 is 5.01 Å². The Morgan fingerprint density at radius 1 is 1.35 bits per heavy atom. The van der Waals surface area contributed by atoms with Gasteiger partial charge in [0.05, 0.1) is 11.6 Å². The first-order valence-corrected chi connectivity index (χ1v) is 5.29. The highest BCUT2D eigenvalue weighted by Gasteiger charge is 2.33. The predicted molar refractivity (Wildman–Crippen MR) is 69.5 cm³/mol. The Balaban J connectivity index is 0.00000144. The van der Waals surface area contributed by atoms with Crippen LogP contribution in [0.15, 0.2) is 35.4 Å². The molecule has 0 saturated carbocycles. The smallest absolute Gasteiger partial charge is 0.256 e. The van der Waals surface area contributed by atoms with Crippen molar-refractivity contribution in [1.29, 1.82) is 0 Å². The fourth-order valence-electron chi connectivity index (χ4n) is 1.82. The van der Waals surface area contributed by atoms with Crippen LogP contribution in [0.4, 0.5) is 5.69 Å². The molecule has 1 aromatic carbocycles. The Morgan fingerprint density at radius 2 is 2.00 bits per heavy atom. The SMILES string of the molecule is CC1=NN(c2ccccc2)C(=O)C1CCO.Cl. The van der Waals surface area contributed by atoms with E-state index in [1.54, 1.807) is 0 Å². The van der Waals surface area contributed by atoms with Crippen molar-refractivity contribution in [1.82, 2.24) is 0 Å². The van der Waals surface area contributed by atoms with Crippen molar-refractivity contribution in [3.63, 3.8) is 0 Å². The number of carbonyl (C=O) groups excluding carboxylic acids is 1. The summed E-state index contributed by atoms with van der Waals surface area (Å²) < 4.78 is 0. The van der Waals surface area contributed by atoms with Gasteiger partial charge >= 0.3 is 0 Å². The molecule has 1 aliphatic heterocycles. The molecule has 0 radical (unpaired) electrons. The molecule has 1 aromatic rings. The van der Waals surface area contributed by atoms with Gasteiger partial charge in [0.25, 0.3) is 5.91 Å². The number of para-hydroxylation sites is 1. The fourth-order valence-corrected chi connectivity index (χ4v) is 1.82. The molecule has 92 valence electrons. The maximum Gasteiger partial charge on any atom is 0.256 e. The third-order valence-corrected chi connectivity index (χ3v) is 2.69. The summed E-state index contributed by atoms with van der Waals surface area (Å²) in [6.07, 6.45) is 0.442. The van der Waals surface area contributed by atoms with Crippen LogP contribution in [0.5, 0.6) is 0 Å². The summed E-state index contributed by atoms with van der Waals surface area (Å²) in [6, 6.07) is 9.32. The first kappa shape index (κ1) is 13.7. The van der Waals surface area contributed by atoms with Crippen LogP contribution in [0.1, 0.15) is 13.3 Å². The molecular formula is C12H15ClN2O2. The molecule has 0 aliphatic carbocycles. The van der Waals surface area contributed by atoms with E-state index in [-0.39, 0.29) is 30.8 Å². The minimum absolute atomic E-state index is 0. The van der Waals surface area contributed by atoms with E-state index in [9.17, 15) is 4.79 Å². The van der Waals surface area contributed by atoms with Gasteiger partial charge in [-0.3, -0.25) is 4.79 Å². The van der Waals surface area contributed by atoms with Crippen molar-refractivity contribution in [2.24, 2.45) is 11.0 Å². The van der Waals surface area contributed by atoms with Gasteiger partial charge in [-0.15, -0.1) is 12.4 Å². The Bertz CT molecular complexity index is 420. The zero-order valence-corrected chi connectivity index (χ0v) is 10.4. The molecule has 17 heavy (non-hydrogen) atoms. The summed E-state index contributed by atoms with van der Waals surface area (Å²) in [5.74, 6) is -0.331. The van der Waals surface area contributed by atoms with E-state index < -0.39 is 0 Å². The van der Waals surface area contributed by atoms with Crippen molar-refractivity contribution in [3.05, 3.63) is 30.3 Å². The molecule has 4 nitrogen and oxygen atoms in total. The van der Waals surface area contributed by atoms with E-state index in [2.05, 4.69) is 5.10 Å². The number of anilines is 1. The predicted octanol–water partition coefficient (Wildman–Crippen LogP) is 1.83. The Labute approximate surface area is 106 Å². The largest absolute Gasteiger partial charge is 0.396 e. The van der Waals surface area contributed by atoms with Gasteiger partial charge < -0.3 is 5.11 Å². The van der Waals surface area contributed by atoms with Crippen LogP contribution in [-0.2, 0) is 4.79 Å². The van der Waals surface area contributed by atoms with E-state index in [0.717, 1.165) is 11.4 Å². The maximum atomic E-state index is 12.0. The van der Waals surface area contributed by atoms with E-state index in [1.807, 2.05) is 37.3 Å². The third kappa shape index (κ3) is 2.65. The number of rotatable bonds is 3. The Hall–Kier alpha value is -1.39. The van der Waals surface area contributed by atoms with Crippen molar-refractivity contribution in [3.8, 4) is 0 Å². The fraction of sp³-hybridized carbons (Fsp3) is 0.333. The number of amides is 1. The summed E-state index contributed by atoms with van der Waals surface area (Å²) >= 11 is 0. The van der Waals surface area contributed by atoms with Crippen molar-refractivity contribution < 1.29 is 9.90 Å². The van der Waals surface area contributed by atoms with Gasteiger partial charge in [0.1, 0.15) is 0 Å². The lowest BCUT2D eigenvalue weighted by Gasteiger charge is -2.13. The van der Waals surface area contributed by atoms with Gasteiger partial charge in [0.2, 0.25) is 0 Å². The van der Waals surface area contributed by atoms with Crippen LogP contribution in [0, 0.1) is 5.92 Å². The molecule has 1 atom stereocenters. The highest BCUT2D eigenvalue weighted by molar-refractivity contribution is 6.14. The zero-order chi connectivity index (χ0) is 11.5. The molecule has 0 saturated heterocycles. The monoisotopic (exact) mass is 254 g/mol. The molecule has 0 fully saturated rings. The first-order chi connectivity index (χ1) is 7.74. The summed E-state index contributed by atoms with van der Waals surface area (Å²) in [4.78, 5) is 12.0. The van der Waals surface area contributed by atoms with Gasteiger partial charge in [-0.05, 0) is 25.5 Å². The summed E-state index contributed by atoms with van der Waals surface area (Å²) in [6.45, 7) is 1.83. The normalized spacial score (nSPS) is 18.9. The van der Waals surface area contributed by atoms with Crippen LogP contribution in [-0.4, -0.2) is 23.3 Å². The summed E-state index contributed by atoms with van der Waals surface area (Å²) in [5, 5.41) is 14.5. The van der Waals surface area contributed by atoms with Crippen LogP contribution in [0.2, 0.25) is 0 Å². The molecule has 0 aromatic heterocycles. The highest BCUT2D eigenvalue weighted by Crippen LogP contribution is 2.24. The Morgan fingerprint density at radius 3 is 2.59 bits per heavy atom. The number of carbonyl (C=O) groups is 1. The van der Waals surface area contributed by atoms with Crippen molar-refractivity contribution >= 4 is 29.7 Å². The number of nitrogens with zero attached hydrogens (tertiary/aromatic N) is 2. The highest BCUT2D eigenvalue weighted by atomic mass is 35.5. The topological polar surface area (TPSA) is 52.9 Å². The van der Waals surface area contributed by atoms with Crippen molar-refractivity contribution in [2.45, 2.75) is 13.3 Å². The third-order valence-electron chi connectivity index (χ3n) is 2.69. The second-order valence-electron chi connectivity index (χ2n) is 3.79. The van der Waals surface area contributed by atoms with E-state index in [1.165, 1.54) is 5.01 Å². The lowest BCUT2D eigenvalue weighted by molar-refractivity contribution is -0.120. The van der Waals surface area contributed by atoms with Gasteiger partial charge in [-0.25, -0.2) is 5.01 Å². The standard InChI is InChI=1S/C12H14N2O2.ClH/c1-9-11(7-8-15)12(16)14(13-9)10-5-3-2-4-6-10;/h2-6,11,15H,7-8H2,1H3;1H. The molecule has 0 spiro atoms. The number of halogens is 1. The van der Waals surface area contributed by atoms with Crippen LogP contribution >= 0.6 is 12.4 Å². The molecule has 1 aliphatic rings. The Kier molecular flexibility index (Phi) is 4.66. The quantitative estimate of drug-likeness (QED) is 0.895. The average Bonchev–Trinajstić information content (AvgIpc) is 2.59. The number of hydrogen-bond donors (Lipinski definition) is 1. The van der Waals surface area contributed by atoms with Gasteiger partial charge in [-0.2, -0.15) is 5.10 Å². The van der Waals surface area contributed by atoms with Gasteiger partial charge in [-0.1, -0.05) is 18.2 Å². The molecule has 1 unspecified atom stereocenters. The molecule has 2 rings (SSSR count). The summed E-state index contributed by atoms with van der Waals surface area (Å²) in [5.41, 5.74) is 1.54. The minimum atomic E-state index is -0.273. The molecule has 1 amide bonds. The lowest BCUT2D eigenvalue weighted by atomic mass is 10.0. The minimum Gasteiger partial charge on any atom is -0.396 e. The van der Waals surface area contributed by atoms with Gasteiger partial charge in [0.15, 0.2) is 0 Å². The van der Waals surface area contributed by atoms with E-state index in [4.69, 9.17) is 5.11 Å². The first-order valence-electron chi connectivity index (χ1n) is 5.29. The molecule has 1 N–H and O–H groups in total. The van der Waals surface area contributed by atoms with Crippen molar-refractivity contribution in [2.75, 3.05) is 11.6 Å². The van der Waals surface area contributed by atoms with E-state index in [0.29, 0.717) is 6.42 Å². The molecular weight excluding hydrogens is 240 g/mol. The lowest BCUT2D eigenvalue weighted by Crippen LogP contribution is -2.27. The average molecular weight is 255 g/mol. The number of hydrazone groups is 1. The number of aliphatic hydroxyl groups excluding tert-OH is 1.